The lowest BCUT2D eigenvalue weighted by Crippen LogP contribution is -2.39. The lowest BCUT2D eigenvalue weighted by Gasteiger charge is -2.17. The van der Waals surface area contributed by atoms with Crippen molar-refractivity contribution in [2.24, 2.45) is 0 Å². The fraction of sp³-hybridized carbons (Fsp3) is 0.889. The molecule has 0 aromatic carbocycles. The highest BCUT2D eigenvalue weighted by molar-refractivity contribution is 5.77. The maximum atomic E-state index is 11.4. The van der Waals surface area contributed by atoms with Crippen molar-refractivity contribution in [3.05, 3.63) is 0 Å². The zero-order valence-corrected chi connectivity index (χ0v) is 8.96. The summed E-state index contributed by atoms with van der Waals surface area (Å²) in [5.41, 5.74) is 0. The highest BCUT2D eigenvalue weighted by Gasteiger charge is 2.07. The summed E-state index contributed by atoms with van der Waals surface area (Å²) in [6.07, 6.45) is 0. The Morgan fingerprint density at radius 2 is 2.15 bits per heavy atom. The quantitative estimate of drug-likeness (QED) is 0.642. The zero-order chi connectivity index (χ0) is 10.3. The van der Waals surface area contributed by atoms with Gasteiger partial charge >= 0.3 is 0 Å². The van der Waals surface area contributed by atoms with Gasteiger partial charge in [-0.1, -0.05) is 13.8 Å². The molecule has 0 bridgehead atoms. The molecule has 0 aliphatic rings. The van der Waals surface area contributed by atoms with Gasteiger partial charge in [-0.05, 0) is 0 Å². The molecule has 0 rings (SSSR count). The number of rotatable bonds is 6. The smallest absolute Gasteiger partial charge is 0.236 e. The van der Waals surface area contributed by atoms with Crippen molar-refractivity contribution in [2.75, 3.05) is 33.9 Å². The van der Waals surface area contributed by atoms with Crippen LogP contribution in [0.25, 0.3) is 0 Å². The minimum absolute atomic E-state index is 0.103. The number of nitrogens with one attached hydrogen (secondary N) is 1. The van der Waals surface area contributed by atoms with Gasteiger partial charge in [0.25, 0.3) is 0 Å². The highest BCUT2D eigenvalue weighted by atomic mass is 16.5. The number of nitrogens with zero attached hydrogens (tertiary/aromatic N) is 1. The Bertz CT molecular complexity index is 149. The Morgan fingerprint density at radius 1 is 1.54 bits per heavy atom. The Morgan fingerprint density at radius 3 is 2.62 bits per heavy atom. The second-order valence-corrected chi connectivity index (χ2v) is 3.34. The Kier molecular flexibility index (Phi) is 6.54. The van der Waals surface area contributed by atoms with Gasteiger partial charge in [0.05, 0.1) is 13.2 Å². The second-order valence-electron chi connectivity index (χ2n) is 3.34. The molecule has 0 aromatic heterocycles. The molecule has 0 saturated heterocycles. The molecule has 0 spiro atoms. The number of amides is 1. The molecule has 0 fully saturated rings. The van der Waals surface area contributed by atoms with E-state index < -0.39 is 0 Å². The van der Waals surface area contributed by atoms with Crippen molar-refractivity contribution < 1.29 is 9.53 Å². The third kappa shape index (κ3) is 6.54. The Labute approximate surface area is 80.2 Å². The topological polar surface area (TPSA) is 41.6 Å². The standard InChI is InChI=1S/C9H20N2O2/c1-8(2)10-7-9(12)11(3)5-6-13-4/h8,10H,5-7H2,1-4H3. The van der Waals surface area contributed by atoms with Gasteiger partial charge in [0, 0.05) is 26.7 Å². The number of likely N-dealkylation sites (N-methyl/N-ethyl adjacent to an activating group) is 1. The van der Waals surface area contributed by atoms with Crippen molar-refractivity contribution in [3.8, 4) is 0 Å². The lowest BCUT2D eigenvalue weighted by atomic mass is 10.4. The van der Waals surface area contributed by atoms with E-state index in [1.54, 1.807) is 19.1 Å². The third-order valence-corrected chi connectivity index (χ3v) is 1.72. The van der Waals surface area contributed by atoms with Crippen molar-refractivity contribution in [1.29, 1.82) is 0 Å². The molecule has 0 aromatic rings. The summed E-state index contributed by atoms with van der Waals surface area (Å²) in [5, 5.41) is 3.07. The normalized spacial score (nSPS) is 10.5. The van der Waals surface area contributed by atoms with E-state index in [4.69, 9.17) is 4.74 Å². The van der Waals surface area contributed by atoms with Crippen LogP contribution in [0.1, 0.15) is 13.8 Å². The van der Waals surface area contributed by atoms with Crippen LogP contribution >= 0.6 is 0 Å². The van der Waals surface area contributed by atoms with Crippen LogP contribution in [0.3, 0.4) is 0 Å². The van der Waals surface area contributed by atoms with Gasteiger partial charge in [-0.3, -0.25) is 4.79 Å². The van der Waals surface area contributed by atoms with E-state index >= 15 is 0 Å². The van der Waals surface area contributed by atoms with E-state index in [0.717, 1.165) is 0 Å². The summed E-state index contributed by atoms with van der Waals surface area (Å²) in [5.74, 6) is 0.103. The Hall–Kier alpha value is -0.610. The van der Waals surface area contributed by atoms with Crippen LogP contribution < -0.4 is 5.32 Å². The summed E-state index contributed by atoms with van der Waals surface area (Å²) in [6.45, 7) is 5.67. The fourth-order valence-corrected chi connectivity index (χ4v) is 0.779. The Balaban J connectivity index is 3.57. The molecular weight excluding hydrogens is 168 g/mol. The molecule has 0 unspecified atom stereocenters. The number of hydrogen-bond acceptors (Lipinski definition) is 3. The first-order chi connectivity index (χ1) is 6.07. The van der Waals surface area contributed by atoms with Gasteiger partial charge in [0.2, 0.25) is 5.91 Å². The molecule has 1 N–H and O–H groups in total. The minimum atomic E-state index is 0.103. The summed E-state index contributed by atoms with van der Waals surface area (Å²) in [4.78, 5) is 13.0. The fourth-order valence-electron chi connectivity index (χ4n) is 0.779. The maximum Gasteiger partial charge on any atom is 0.236 e. The first-order valence-electron chi connectivity index (χ1n) is 4.54. The number of carbonyl (C=O) groups is 1. The van der Waals surface area contributed by atoms with E-state index in [1.807, 2.05) is 13.8 Å². The van der Waals surface area contributed by atoms with E-state index in [0.29, 0.717) is 25.7 Å². The summed E-state index contributed by atoms with van der Waals surface area (Å²) < 4.78 is 4.87. The van der Waals surface area contributed by atoms with Crippen LogP contribution in [0.4, 0.5) is 0 Å². The monoisotopic (exact) mass is 188 g/mol. The first kappa shape index (κ1) is 12.4. The van der Waals surface area contributed by atoms with Gasteiger partial charge in [-0.2, -0.15) is 0 Å². The average Bonchev–Trinajstić information content (AvgIpc) is 2.10. The van der Waals surface area contributed by atoms with Gasteiger partial charge in [0.1, 0.15) is 0 Å². The van der Waals surface area contributed by atoms with Crippen LogP contribution in [0.15, 0.2) is 0 Å². The molecule has 0 aliphatic heterocycles. The first-order valence-corrected chi connectivity index (χ1v) is 4.54. The predicted octanol–water partition coefficient (Wildman–Crippen LogP) is 0.0892. The van der Waals surface area contributed by atoms with Gasteiger partial charge < -0.3 is 15.0 Å². The SMILES string of the molecule is COCCN(C)C(=O)CNC(C)C. The van der Waals surface area contributed by atoms with E-state index in [2.05, 4.69) is 5.32 Å². The minimum Gasteiger partial charge on any atom is -0.383 e. The van der Waals surface area contributed by atoms with Gasteiger partial charge in [-0.15, -0.1) is 0 Å². The number of methoxy groups -OCH3 is 1. The van der Waals surface area contributed by atoms with Crippen molar-refractivity contribution >= 4 is 5.91 Å². The second kappa shape index (κ2) is 6.86. The lowest BCUT2D eigenvalue weighted by molar-refractivity contribution is -0.129. The maximum absolute atomic E-state index is 11.4. The molecule has 0 aliphatic carbocycles. The van der Waals surface area contributed by atoms with Crippen molar-refractivity contribution in [2.45, 2.75) is 19.9 Å². The molecule has 13 heavy (non-hydrogen) atoms. The molecule has 78 valence electrons. The molecule has 0 heterocycles. The molecule has 1 amide bonds. The summed E-state index contributed by atoms with van der Waals surface area (Å²) >= 11 is 0. The number of ether oxygens (including phenoxy) is 1. The van der Waals surface area contributed by atoms with E-state index in [9.17, 15) is 4.79 Å². The van der Waals surface area contributed by atoms with Crippen LogP contribution in [0, 0.1) is 0 Å². The molecule has 4 heteroatoms. The number of carbonyl (C=O) groups excluding carboxylic acids is 1. The van der Waals surface area contributed by atoms with Gasteiger partial charge in [0.15, 0.2) is 0 Å². The van der Waals surface area contributed by atoms with Crippen LogP contribution in [-0.2, 0) is 9.53 Å². The largest absolute Gasteiger partial charge is 0.383 e. The van der Waals surface area contributed by atoms with Crippen molar-refractivity contribution in [3.63, 3.8) is 0 Å². The van der Waals surface area contributed by atoms with Crippen LogP contribution in [-0.4, -0.2) is 50.7 Å². The van der Waals surface area contributed by atoms with E-state index in [1.165, 1.54) is 0 Å². The summed E-state index contributed by atoms with van der Waals surface area (Å²) in [6, 6.07) is 0.347. The summed E-state index contributed by atoms with van der Waals surface area (Å²) in [7, 11) is 3.41. The average molecular weight is 188 g/mol. The molecule has 0 atom stereocenters. The third-order valence-electron chi connectivity index (χ3n) is 1.72. The predicted molar refractivity (Wildman–Crippen MR) is 52.7 cm³/mol. The van der Waals surface area contributed by atoms with Crippen LogP contribution in [0.5, 0.6) is 0 Å². The van der Waals surface area contributed by atoms with E-state index in [-0.39, 0.29) is 5.91 Å². The number of hydrogen-bond donors (Lipinski definition) is 1. The highest BCUT2D eigenvalue weighted by Crippen LogP contribution is 1.85. The van der Waals surface area contributed by atoms with Crippen molar-refractivity contribution in [1.82, 2.24) is 10.2 Å². The van der Waals surface area contributed by atoms with Crippen LogP contribution in [0.2, 0.25) is 0 Å². The molecule has 0 saturated carbocycles. The molecule has 4 nitrogen and oxygen atoms in total. The molecular formula is C9H20N2O2. The molecule has 0 radical (unpaired) electrons. The van der Waals surface area contributed by atoms with Gasteiger partial charge in [-0.25, -0.2) is 0 Å². The zero-order valence-electron chi connectivity index (χ0n) is 8.96.